The monoisotopic (exact) mass is 342 g/mol. The maximum absolute atomic E-state index is 12.8. The number of amides is 1. The maximum atomic E-state index is 12.8. The molecular weight excluding hydrogens is 316 g/mol. The Morgan fingerprint density at radius 2 is 2.05 bits per heavy atom. The quantitative estimate of drug-likeness (QED) is 0.908. The van der Waals surface area contributed by atoms with Crippen LogP contribution in [0, 0.1) is 5.92 Å². The van der Waals surface area contributed by atoms with Crippen molar-refractivity contribution in [3.63, 3.8) is 0 Å². The van der Waals surface area contributed by atoms with Crippen LogP contribution in [0.15, 0.2) is 5.38 Å². The van der Waals surface area contributed by atoms with Gasteiger partial charge >= 0.3 is 0 Å². The fraction of sp³-hybridized carbons (Fsp3) is 0.706. The lowest BCUT2D eigenvalue weighted by Crippen LogP contribution is -2.39. The number of hydrogen-bond donors (Lipinski definition) is 1. The molecule has 5 heteroatoms. The number of piperidine rings is 1. The molecule has 2 aliphatic rings. The van der Waals surface area contributed by atoms with Gasteiger partial charge in [-0.25, -0.2) is 0 Å². The summed E-state index contributed by atoms with van der Waals surface area (Å²) in [5.74, 6) is 1.08. The Hall–Kier alpha value is -0.580. The van der Waals surface area contributed by atoms with Gasteiger partial charge in [-0.1, -0.05) is 0 Å². The van der Waals surface area contributed by atoms with Gasteiger partial charge in [0.15, 0.2) is 0 Å². The zero-order chi connectivity index (χ0) is 14.7. The number of halogens is 1. The van der Waals surface area contributed by atoms with Crippen molar-refractivity contribution < 1.29 is 4.79 Å². The molecule has 0 spiro atoms. The van der Waals surface area contributed by atoms with Crippen molar-refractivity contribution in [1.82, 2.24) is 10.2 Å². The third-order valence-electron chi connectivity index (χ3n) is 5.00. The van der Waals surface area contributed by atoms with Gasteiger partial charge in [-0.3, -0.25) is 4.79 Å². The first-order valence-electron chi connectivity index (χ1n) is 8.32. The van der Waals surface area contributed by atoms with Gasteiger partial charge in [-0.05, 0) is 70.0 Å². The fourth-order valence-corrected chi connectivity index (χ4v) is 4.74. The minimum absolute atomic E-state index is 0. The molecule has 0 saturated carbocycles. The van der Waals surface area contributed by atoms with E-state index in [1.54, 1.807) is 11.3 Å². The molecule has 0 unspecified atom stereocenters. The second-order valence-corrected chi connectivity index (χ2v) is 7.35. The van der Waals surface area contributed by atoms with Gasteiger partial charge in [-0.15, -0.1) is 23.7 Å². The predicted octanol–water partition coefficient (Wildman–Crippen LogP) is 3.51. The normalized spacial score (nSPS) is 18.7. The van der Waals surface area contributed by atoms with Crippen LogP contribution in [0.2, 0.25) is 0 Å². The molecular formula is C17H27ClN2OS. The Labute approximate surface area is 143 Å². The topological polar surface area (TPSA) is 32.3 Å². The van der Waals surface area contributed by atoms with Crippen molar-refractivity contribution in [3.8, 4) is 0 Å². The Kier molecular flexibility index (Phi) is 6.72. The summed E-state index contributed by atoms with van der Waals surface area (Å²) in [6.45, 7) is 2.98. The molecule has 1 aromatic heterocycles. The second-order valence-electron chi connectivity index (χ2n) is 6.39. The average Bonchev–Trinajstić information content (AvgIpc) is 2.97. The Morgan fingerprint density at radius 1 is 1.32 bits per heavy atom. The molecule has 0 aromatic carbocycles. The number of nitrogens with one attached hydrogen (secondary N) is 1. The van der Waals surface area contributed by atoms with Gasteiger partial charge in [0.2, 0.25) is 0 Å². The number of hydrogen-bond acceptors (Lipinski definition) is 3. The van der Waals surface area contributed by atoms with Crippen LogP contribution in [0.25, 0.3) is 0 Å². The molecule has 1 aliphatic carbocycles. The highest BCUT2D eigenvalue weighted by Crippen LogP contribution is 2.32. The minimum atomic E-state index is 0. The van der Waals surface area contributed by atoms with Crippen molar-refractivity contribution in [1.29, 1.82) is 0 Å². The van der Waals surface area contributed by atoms with Crippen LogP contribution in [-0.4, -0.2) is 37.5 Å². The summed E-state index contributed by atoms with van der Waals surface area (Å²) in [6.07, 6.45) is 8.40. The molecule has 0 bridgehead atoms. The molecule has 0 radical (unpaired) electrons. The largest absolute Gasteiger partial charge is 0.339 e. The summed E-state index contributed by atoms with van der Waals surface area (Å²) in [5, 5.41) is 5.34. The minimum Gasteiger partial charge on any atom is -0.339 e. The first-order chi connectivity index (χ1) is 10.3. The highest BCUT2D eigenvalue weighted by Gasteiger charge is 2.27. The Balaban J connectivity index is 0.00000176. The zero-order valence-electron chi connectivity index (χ0n) is 13.4. The van der Waals surface area contributed by atoms with Crippen LogP contribution in [0.3, 0.4) is 0 Å². The van der Waals surface area contributed by atoms with Crippen molar-refractivity contribution in [3.05, 3.63) is 21.4 Å². The molecule has 0 atom stereocenters. The molecule has 3 nitrogen and oxygen atoms in total. The summed E-state index contributed by atoms with van der Waals surface area (Å²) >= 11 is 1.80. The lowest BCUT2D eigenvalue weighted by Gasteiger charge is -2.32. The number of likely N-dealkylation sites (tertiary alicyclic amines) is 1. The van der Waals surface area contributed by atoms with Crippen molar-refractivity contribution in [2.75, 3.05) is 26.7 Å². The lowest BCUT2D eigenvalue weighted by atomic mass is 9.92. The molecule has 1 aromatic rings. The van der Waals surface area contributed by atoms with Crippen LogP contribution >= 0.6 is 23.7 Å². The second kappa shape index (κ2) is 8.32. The maximum Gasteiger partial charge on any atom is 0.254 e. The van der Waals surface area contributed by atoms with E-state index in [0.717, 1.165) is 37.5 Å². The molecule has 1 N–H and O–H groups in total. The number of carbonyl (C=O) groups is 1. The smallest absolute Gasteiger partial charge is 0.254 e. The van der Waals surface area contributed by atoms with Gasteiger partial charge < -0.3 is 10.2 Å². The number of aryl methyl sites for hydroxylation is 1. The zero-order valence-corrected chi connectivity index (χ0v) is 15.0. The number of rotatable bonds is 4. The standard InChI is InChI=1S/C17H26N2OS.ClH/c1-18-9-6-13-7-10-19(11-8-13)17(20)15-12-21-16-5-3-2-4-14(15)16;/h12-13,18H,2-11H2,1H3;1H. The predicted molar refractivity (Wildman–Crippen MR) is 95.4 cm³/mol. The molecule has 1 aliphatic heterocycles. The van der Waals surface area contributed by atoms with E-state index >= 15 is 0 Å². The highest BCUT2D eigenvalue weighted by molar-refractivity contribution is 7.10. The van der Waals surface area contributed by atoms with Crippen molar-refractivity contribution >= 4 is 29.7 Å². The van der Waals surface area contributed by atoms with E-state index in [0.29, 0.717) is 5.91 Å². The molecule has 3 rings (SSSR count). The van der Waals surface area contributed by atoms with Gasteiger partial charge in [0.1, 0.15) is 0 Å². The first kappa shape index (κ1) is 17.8. The van der Waals surface area contributed by atoms with Gasteiger partial charge in [-0.2, -0.15) is 0 Å². The van der Waals surface area contributed by atoms with Crippen LogP contribution in [-0.2, 0) is 12.8 Å². The van der Waals surface area contributed by atoms with E-state index in [-0.39, 0.29) is 12.4 Å². The molecule has 22 heavy (non-hydrogen) atoms. The number of carbonyl (C=O) groups excluding carboxylic acids is 1. The lowest BCUT2D eigenvalue weighted by molar-refractivity contribution is 0.0686. The third-order valence-corrected chi connectivity index (χ3v) is 6.08. The van der Waals surface area contributed by atoms with Gasteiger partial charge in [0.05, 0.1) is 5.56 Å². The SMILES string of the molecule is CNCCC1CCN(C(=O)c2csc3c2CCCC3)CC1.Cl. The summed E-state index contributed by atoms with van der Waals surface area (Å²) in [4.78, 5) is 16.3. The molecule has 2 heterocycles. The summed E-state index contributed by atoms with van der Waals surface area (Å²) in [5.41, 5.74) is 2.39. The van der Waals surface area contributed by atoms with E-state index in [1.165, 1.54) is 49.0 Å². The number of nitrogens with zero attached hydrogens (tertiary/aromatic N) is 1. The van der Waals surface area contributed by atoms with E-state index in [9.17, 15) is 4.79 Å². The summed E-state index contributed by atoms with van der Waals surface area (Å²) < 4.78 is 0. The molecule has 124 valence electrons. The van der Waals surface area contributed by atoms with Crippen LogP contribution < -0.4 is 5.32 Å². The third kappa shape index (κ3) is 3.84. The van der Waals surface area contributed by atoms with E-state index in [4.69, 9.17) is 0 Å². The Bertz CT molecular complexity index is 495. The summed E-state index contributed by atoms with van der Waals surface area (Å²) in [7, 11) is 2.01. The first-order valence-corrected chi connectivity index (χ1v) is 9.20. The fourth-order valence-electron chi connectivity index (χ4n) is 3.62. The molecule has 1 amide bonds. The van der Waals surface area contributed by atoms with E-state index in [2.05, 4.69) is 15.6 Å². The van der Waals surface area contributed by atoms with Crippen LogP contribution in [0.5, 0.6) is 0 Å². The van der Waals surface area contributed by atoms with E-state index in [1.807, 2.05) is 7.05 Å². The molecule has 1 fully saturated rings. The average molecular weight is 343 g/mol. The van der Waals surface area contributed by atoms with Gasteiger partial charge in [0.25, 0.3) is 5.91 Å². The Morgan fingerprint density at radius 3 is 2.77 bits per heavy atom. The van der Waals surface area contributed by atoms with Gasteiger partial charge in [0, 0.05) is 23.3 Å². The summed E-state index contributed by atoms with van der Waals surface area (Å²) in [6, 6.07) is 0. The van der Waals surface area contributed by atoms with Crippen molar-refractivity contribution in [2.24, 2.45) is 5.92 Å². The van der Waals surface area contributed by atoms with Crippen LogP contribution in [0.4, 0.5) is 0 Å². The number of fused-ring (bicyclic) bond motifs is 1. The van der Waals surface area contributed by atoms with Crippen molar-refractivity contribution in [2.45, 2.75) is 44.9 Å². The van der Waals surface area contributed by atoms with Crippen LogP contribution in [0.1, 0.15) is 52.9 Å². The highest BCUT2D eigenvalue weighted by atomic mass is 35.5. The number of thiophene rings is 1. The van der Waals surface area contributed by atoms with E-state index < -0.39 is 0 Å². The molecule has 1 saturated heterocycles.